The van der Waals surface area contributed by atoms with E-state index in [0.29, 0.717) is 40.9 Å². The van der Waals surface area contributed by atoms with Crippen molar-refractivity contribution in [3.8, 4) is 16.9 Å². The average Bonchev–Trinajstić information content (AvgIpc) is 3.38. The number of carbonyl (C=O) groups excluding carboxylic acids is 2. The molecule has 2 aliphatic heterocycles. The first-order chi connectivity index (χ1) is 16.0. The number of anilines is 1. The van der Waals surface area contributed by atoms with E-state index in [9.17, 15) is 14.4 Å². The van der Waals surface area contributed by atoms with E-state index in [0.717, 1.165) is 6.42 Å². The van der Waals surface area contributed by atoms with E-state index in [1.165, 1.54) is 16.0 Å². The summed E-state index contributed by atoms with van der Waals surface area (Å²) < 4.78 is 8.06. The molecule has 2 aromatic rings. The summed E-state index contributed by atoms with van der Waals surface area (Å²) in [4.78, 5) is 42.2. The molecule has 3 heterocycles. The Kier molecular flexibility index (Phi) is 6.64. The van der Waals surface area contributed by atoms with Crippen molar-refractivity contribution in [2.75, 3.05) is 11.9 Å². The maximum absolute atomic E-state index is 13.2. The smallest absolute Gasteiger partial charge is 0.311 e. The highest BCUT2D eigenvalue weighted by Gasteiger charge is 2.25. The number of nitrogens with one attached hydrogen (secondary N) is 1. The molecule has 10 heteroatoms. The third-order valence-corrected chi connectivity index (χ3v) is 5.66. The normalized spacial score (nSPS) is 11.0. The van der Waals surface area contributed by atoms with Crippen LogP contribution in [0.15, 0.2) is 52.9 Å². The Bertz CT molecular complexity index is 1310. The van der Waals surface area contributed by atoms with Crippen LogP contribution in [0.4, 0.5) is 5.13 Å². The van der Waals surface area contributed by atoms with Crippen molar-refractivity contribution in [1.29, 1.82) is 0 Å². The molecule has 0 spiro atoms. The fourth-order valence-corrected chi connectivity index (χ4v) is 4.13. The Morgan fingerprint density at radius 1 is 1.15 bits per heavy atom. The minimum atomic E-state index is -0.430. The monoisotopic (exact) mass is 465 g/mol. The second-order valence-electron chi connectivity index (χ2n) is 7.30. The Hall–Kier alpha value is -3.79. The molecule has 0 saturated carbocycles. The van der Waals surface area contributed by atoms with Crippen LogP contribution in [0.1, 0.15) is 36.3 Å². The summed E-state index contributed by atoms with van der Waals surface area (Å²) in [7, 11) is 0. The van der Waals surface area contributed by atoms with Gasteiger partial charge in [-0.2, -0.15) is 9.78 Å². The topological polar surface area (TPSA) is 108 Å². The van der Waals surface area contributed by atoms with E-state index in [2.05, 4.69) is 15.4 Å². The first-order valence-corrected chi connectivity index (χ1v) is 11.5. The number of pyridine rings is 1. The lowest BCUT2D eigenvalue weighted by molar-refractivity contribution is -0.142. The number of rotatable bonds is 8. The Morgan fingerprint density at radius 2 is 1.94 bits per heavy atom. The van der Waals surface area contributed by atoms with Crippen LogP contribution in [-0.2, 0) is 22.5 Å². The molecule has 1 amide bonds. The third kappa shape index (κ3) is 4.85. The average molecular weight is 466 g/mol. The zero-order valence-electron chi connectivity index (χ0n) is 18.3. The first-order valence-electron chi connectivity index (χ1n) is 10.6. The van der Waals surface area contributed by atoms with Gasteiger partial charge in [-0.15, -0.1) is 11.3 Å². The summed E-state index contributed by atoms with van der Waals surface area (Å²) in [6, 6.07) is 9.07. The lowest BCUT2D eigenvalue weighted by atomic mass is 10.1. The summed E-state index contributed by atoms with van der Waals surface area (Å²) in [6.45, 7) is 4.70. The van der Waals surface area contributed by atoms with Gasteiger partial charge in [0.15, 0.2) is 5.13 Å². The molecule has 0 atom stereocenters. The number of benzene rings is 1. The number of nitrogens with zero attached hydrogens (tertiary/aromatic N) is 4. The lowest BCUT2D eigenvalue weighted by Gasteiger charge is -2.11. The largest absolute Gasteiger partial charge is 0.466 e. The number of aryl methyl sites for hydroxylation is 1. The van der Waals surface area contributed by atoms with Crippen molar-refractivity contribution in [1.82, 2.24) is 19.3 Å². The van der Waals surface area contributed by atoms with Crippen molar-refractivity contribution >= 4 is 28.3 Å². The molecular weight excluding hydrogens is 442 g/mol. The molecule has 0 unspecified atom stereocenters. The fraction of sp³-hybridized carbons (Fsp3) is 0.261. The quantitative estimate of drug-likeness (QED) is 0.400. The number of hydrogen-bond donors (Lipinski definition) is 1. The van der Waals surface area contributed by atoms with Crippen molar-refractivity contribution in [2.45, 2.75) is 33.2 Å². The first kappa shape index (κ1) is 22.4. The zero-order chi connectivity index (χ0) is 23.4. The highest BCUT2D eigenvalue weighted by Crippen LogP contribution is 2.24. The molecule has 1 aromatic heterocycles. The van der Waals surface area contributed by atoms with Gasteiger partial charge < -0.3 is 9.30 Å². The molecule has 1 N–H and O–H groups in total. The number of esters is 1. The standard InChI is InChI=1S/C23H23N5O4S/c1-3-10-27-12-17(21(30)25-23-24-15(14-33-23)11-19(29)32-4-2)20-18(13-27)22(31)28(26-20)16-8-6-5-7-9-16/h5-9,12-14H,3-4,10-11H2,1-2H3,(H,24,25,30). The fourth-order valence-electron chi connectivity index (χ4n) is 3.43. The van der Waals surface area contributed by atoms with Gasteiger partial charge in [0.1, 0.15) is 5.69 Å². The molecule has 0 aliphatic carbocycles. The maximum atomic E-state index is 13.2. The van der Waals surface area contributed by atoms with Gasteiger partial charge in [0.25, 0.3) is 11.5 Å². The van der Waals surface area contributed by atoms with Gasteiger partial charge >= 0.3 is 5.97 Å². The maximum Gasteiger partial charge on any atom is 0.311 e. The van der Waals surface area contributed by atoms with E-state index in [-0.39, 0.29) is 23.5 Å². The summed E-state index contributed by atoms with van der Waals surface area (Å²) in [5.74, 6) is -0.805. The van der Waals surface area contributed by atoms with E-state index >= 15 is 0 Å². The zero-order valence-corrected chi connectivity index (χ0v) is 19.1. The predicted octanol–water partition coefficient (Wildman–Crippen LogP) is 3.36. The highest BCUT2D eigenvalue weighted by atomic mass is 32.1. The number of carbonyl (C=O) groups is 2. The van der Waals surface area contributed by atoms with Crippen LogP contribution in [0.3, 0.4) is 0 Å². The Balaban J connectivity index is 1.67. The molecule has 2 aliphatic rings. The number of fused-ring (bicyclic) bond motifs is 1. The van der Waals surface area contributed by atoms with Gasteiger partial charge in [-0.1, -0.05) is 25.1 Å². The summed E-state index contributed by atoms with van der Waals surface area (Å²) in [5.41, 5.74) is 1.80. The number of amides is 1. The van der Waals surface area contributed by atoms with Crippen LogP contribution in [0.25, 0.3) is 16.9 Å². The molecule has 9 nitrogen and oxygen atoms in total. The lowest BCUT2D eigenvalue weighted by Crippen LogP contribution is -2.17. The third-order valence-electron chi connectivity index (χ3n) is 4.85. The molecule has 4 rings (SSSR count). The molecular formula is C23H23N5O4S. The molecule has 0 bridgehead atoms. The van der Waals surface area contributed by atoms with Crippen LogP contribution in [-0.4, -0.2) is 37.8 Å². The number of para-hydroxylation sites is 1. The van der Waals surface area contributed by atoms with Crippen LogP contribution < -0.4 is 10.9 Å². The van der Waals surface area contributed by atoms with Crippen LogP contribution in [0, 0.1) is 0 Å². The number of aromatic nitrogens is 4. The predicted molar refractivity (Wildman–Crippen MR) is 125 cm³/mol. The second kappa shape index (κ2) is 9.78. The van der Waals surface area contributed by atoms with Gasteiger partial charge in [-0.3, -0.25) is 19.7 Å². The molecule has 33 heavy (non-hydrogen) atoms. The Morgan fingerprint density at radius 3 is 2.67 bits per heavy atom. The van der Waals surface area contributed by atoms with E-state index in [4.69, 9.17) is 4.74 Å². The second-order valence-corrected chi connectivity index (χ2v) is 8.16. The van der Waals surface area contributed by atoms with E-state index < -0.39 is 5.91 Å². The van der Waals surface area contributed by atoms with Gasteiger partial charge in [-0.05, 0) is 25.5 Å². The van der Waals surface area contributed by atoms with Crippen molar-refractivity contribution < 1.29 is 14.3 Å². The molecule has 0 radical (unpaired) electrons. The van der Waals surface area contributed by atoms with E-state index in [1.807, 2.05) is 29.7 Å². The van der Waals surface area contributed by atoms with Crippen LogP contribution in [0.2, 0.25) is 0 Å². The van der Waals surface area contributed by atoms with Gasteiger partial charge in [0.05, 0.1) is 35.5 Å². The number of hydrogen-bond acceptors (Lipinski definition) is 7. The SMILES string of the molecule is CCCn1cc(C(=O)Nc2nc(CC(=O)OCC)cs2)c2nn(-c3ccccc3)c(=O)c-2c1. The van der Waals surface area contributed by atoms with Gasteiger partial charge in [-0.25, -0.2) is 4.98 Å². The summed E-state index contributed by atoms with van der Waals surface area (Å²) in [6.07, 6.45) is 4.29. The van der Waals surface area contributed by atoms with Crippen molar-refractivity contribution in [3.63, 3.8) is 0 Å². The van der Waals surface area contributed by atoms with Crippen molar-refractivity contribution in [3.05, 3.63) is 69.7 Å². The summed E-state index contributed by atoms with van der Waals surface area (Å²) >= 11 is 1.21. The van der Waals surface area contributed by atoms with Gasteiger partial charge in [0, 0.05) is 24.3 Å². The van der Waals surface area contributed by atoms with Crippen molar-refractivity contribution in [2.24, 2.45) is 0 Å². The number of ether oxygens (including phenoxy) is 1. The Labute approximate surface area is 194 Å². The molecule has 1 aromatic carbocycles. The van der Waals surface area contributed by atoms with Crippen LogP contribution >= 0.6 is 11.3 Å². The van der Waals surface area contributed by atoms with E-state index in [1.54, 1.807) is 36.8 Å². The summed E-state index contributed by atoms with van der Waals surface area (Å²) in [5, 5.41) is 9.28. The minimum Gasteiger partial charge on any atom is -0.466 e. The van der Waals surface area contributed by atoms with Crippen LogP contribution in [0.5, 0.6) is 0 Å². The molecule has 0 fully saturated rings. The number of thiazole rings is 1. The highest BCUT2D eigenvalue weighted by molar-refractivity contribution is 7.14. The molecule has 0 saturated heterocycles. The van der Waals surface area contributed by atoms with Gasteiger partial charge in [0.2, 0.25) is 0 Å². The minimum absolute atomic E-state index is 0.0350. The molecule has 170 valence electrons.